The van der Waals surface area contributed by atoms with E-state index in [0.29, 0.717) is 5.69 Å². The molecule has 2 rings (SSSR count). The van der Waals surface area contributed by atoms with Gasteiger partial charge in [-0.25, -0.2) is 0 Å². The number of ketones is 1. The van der Waals surface area contributed by atoms with Gasteiger partial charge in [0.15, 0.2) is 0 Å². The van der Waals surface area contributed by atoms with Gasteiger partial charge >= 0.3 is 0 Å². The number of anilines is 1. The summed E-state index contributed by atoms with van der Waals surface area (Å²) >= 11 is 12.1. The molecule has 0 heterocycles. The van der Waals surface area contributed by atoms with Crippen molar-refractivity contribution in [1.82, 2.24) is 0 Å². The van der Waals surface area contributed by atoms with Crippen LogP contribution in [0.15, 0.2) is 36.4 Å². The van der Waals surface area contributed by atoms with E-state index in [1.807, 2.05) is 26.0 Å². The topological polar surface area (TPSA) is 70.0 Å². The van der Waals surface area contributed by atoms with Crippen molar-refractivity contribution in [2.24, 2.45) is 0 Å². The molecule has 0 aliphatic heterocycles. The molecule has 122 valence electrons. The van der Waals surface area contributed by atoms with Crippen LogP contribution in [0.25, 0.3) is 0 Å². The van der Waals surface area contributed by atoms with E-state index in [1.54, 1.807) is 18.2 Å². The fraction of sp³-hybridized carbons (Fsp3) is 0.167. The maximum atomic E-state index is 12.4. The van der Waals surface area contributed by atoms with Gasteiger partial charge < -0.3 is 5.32 Å². The number of benzene rings is 2. The first-order valence-corrected chi connectivity index (χ1v) is 7.87. The van der Waals surface area contributed by atoms with E-state index in [2.05, 4.69) is 5.32 Å². The normalized spacial score (nSPS) is 11.5. The lowest BCUT2D eigenvalue weighted by atomic mass is 9.95. The van der Waals surface area contributed by atoms with Crippen molar-refractivity contribution in [3.05, 3.63) is 63.1 Å². The highest BCUT2D eigenvalue weighted by molar-refractivity contribution is 6.44. The van der Waals surface area contributed by atoms with Crippen molar-refractivity contribution >= 4 is 40.6 Å². The molecule has 0 bridgehead atoms. The predicted molar refractivity (Wildman–Crippen MR) is 94.4 cm³/mol. The number of carbonyl (C=O) groups excluding carboxylic acids is 2. The molecule has 2 aromatic carbocycles. The van der Waals surface area contributed by atoms with Crippen molar-refractivity contribution in [2.45, 2.75) is 19.8 Å². The first-order chi connectivity index (χ1) is 11.4. The minimum atomic E-state index is -1.36. The summed E-state index contributed by atoms with van der Waals surface area (Å²) in [6.45, 7) is 3.73. The molecule has 0 aliphatic rings. The Morgan fingerprint density at radius 3 is 2.25 bits per heavy atom. The lowest BCUT2D eigenvalue weighted by Crippen LogP contribution is -2.28. The van der Waals surface area contributed by atoms with E-state index in [4.69, 9.17) is 23.2 Å². The monoisotopic (exact) mass is 360 g/mol. The van der Waals surface area contributed by atoms with Crippen LogP contribution in [0.1, 0.15) is 22.6 Å². The molecule has 2 aromatic rings. The Hall–Kier alpha value is -2.35. The lowest BCUT2D eigenvalue weighted by Gasteiger charge is -2.13. The number of rotatable bonds is 4. The molecular weight excluding hydrogens is 347 g/mol. The third kappa shape index (κ3) is 3.59. The Balaban J connectivity index is 2.31. The number of carbonyl (C=O) groups is 2. The third-order valence-corrected chi connectivity index (χ3v) is 4.42. The van der Waals surface area contributed by atoms with Crippen LogP contribution in [-0.2, 0) is 9.59 Å². The number of amides is 1. The molecule has 0 saturated heterocycles. The molecule has 0 aromatic heterocycles. The molecule has 24 heavy (non-hydrogen) atoms. The molecule has 0 saturated carbocycles. The second-order valence-electron chi connectivity index (χ2n) is 5.26. The number of nitriles is 1. The summed E-state index contributed by atoms with van der Waals surface area (Å²) in [6.07, 6.45) is 0. The zero-order valence-electron chi connectivity index (χ0n) is 13.1. The van der Waals surface area contributed by atoms with Crippen LogP contribution in [0, 0.1) is 25.2 Å². The number of aryl methyl sites for hydroxylation is 1. The van der Waals surface area contributed by atoms with Crippen LogP contribution in [0.5, 0.6) is 0 Å². The van der Waals surface area contributed by atoms with Gasteiger partial charge in [0, 0.05) is 21.3 Å². The number of nitrogens with one attached hydrogen (secondary N) is 1. The lowest BCUT2D eigenvalue weighted by molar-refractivity contribution is -0.135. The molecule has 6 heteroatoms. The Labute approximate surface area is 150 Å². The van der Waals surface area contributed by atoms with Gasteiger partial charge in [-0.05, 0) is 43.2 Å². The van der Waals surface area contributed by atoms with Crippen LogP contribution in [-0.4, -0.2) is 11.7 Å². The number of Topliss-reactive ketones (excluding diaryl/α,β-unsaturated/α-hetero) is 1. The molecule has 0 radical (unpaired) electrons. The van der Waals surface area contributed by atoms with Crippen LogP contribution in [0.2, 0.25) is 10.0 Å². The van der Waals surface area contributed by atoms with E-state index in [-0.39, 0.29) is 15.6 Å². The van der Waals surface area contributed by atoms with Gasteiger partial charge in [-0.3, -0.25) is 9.59 Å². The van der Waals surface area contributed by atoms with Crippen LogP contribution < -0.4 is 5.32 Å². The summed E-state index contributed by atoms with van der Waals surface area (Å²) in [7, 11) is 0. The van der Waals surface area contributed by atoms with Crippen molar-refractivity contribution in [1.29, 1.82) is 5.26 Å². The van der Waals surface area contributed by atoms with Gasteiger partial charge in [-0.2, -0.15) is 5.26 Å². The zero-order chi connectivity index (χ0) is 17.9. The molecule has 1 N–H and O–H groups in total. The largest absolute Gasteiger partial charge is 0.319 e. The first kappa shape index (κ1) is 18.0. The van der Waals surface area contributed by atoms with Crippen molar-refractivity contribution in [3.8, 4) is 6.07 Å². The quantitative estimate of drug-likeness (QED) is 0.820. The fourth-order valence-electron chi connectivity index (χ4n) is 2.24. The van der Waals surface area contributed by atoms with E-state index in [1.165, 1.54) is 12.1 Å². The fourth-order valence-corrected chi connectivity index (χ4v) is 2.86. The van der Waals surface area contributed by atoms with Crippen molar-refractivity contribution in [3.63, 3.8) is 0 Å². The van der Waals surface area contributed by atoms with Crippen LogP contribution in [0.4, 0.5) is 5.69 Å². The van der Waals surface area contributed by atoms with Gasteiger partial charge in [0.25, 0.3) is 5.91 Å². The summed E-state index contributed by atoms with van der Waals surface area (Å²) in [4.78, 5) is 24.7. The van der Waals surface area contributed by atoms with Gasteiger partial charge in [-0.1, -0.05) is 41.4 Å². The van der Waals surface area contributed by atoms with E-state index < -0.39 is 17.6 Å². The summed E-state index contributed by atoms with van der Waals surface area (Å²) in [6, 6.07) is 11.8. The van der Waals surface area contributed by atoms with Gasteiger partial charge in [0.05, 0.1) is 6.07 Å². The maximum absolute atomic E-state index is 12.4. The highest BCUT2D eigenvalue weighted by atomic mass is 35.5. The van der Waals surface area contributed by atoms with E-state index >= 15 is 0 Å². The Kier molecular flexibility index (Phi) is 5.61. The third-order valence-electron chi connectivity index (χ3n) is 3.76. The van der Waals surface area contributed by atoms with Gasteiger partial charge in [0.1, 0.15) is 5.92 Å². The molecule has 0 unspecified atom stereocenters. The smallest absolute Gasteiger partial charge is 0.293 e. The predicted octanol–water partition coefficient (Wildman–Crippen LogP) is 4.43. The SMILES string of the molecule is Cc1cccc(NC(=O)C(=O)[C@@H](C#N)c2c(Cl)cccc2Cl)c1C. The van der Waals surface area contributed by atoms with Crippen molar-refractivity contribution < 1.29 is 9.59 Å². The highest BCUT2D eigenvalue weighted by Gasteiger charge is 2.30. The maximum Gasteiger partial charge on any atom is 0.293 e. The Bertz CT molecular complexity index is 836. The average molecular weight is 361 g/mol. The molecule has 0 fully saturated rings. The first-order valence-electron chi connectivity index (χ1n) is 7.11. The standard InChI is InChI=1S/C18H14Cl2N2O2/c1-10-5-3-8-15(11(10)2)22-18(24)17(23)12(9-21)16-13(19)6-4-7-14(16)20/h3-8,12H,1-2H3,(H,22,24)/t12-/m0/s1. The molecule has 0 spiro atoms. The minimum Gasteiger partial charge on any atom is -0.319 e. The average Bonchev–Trinajstić information content (AvgIpc) is 2.54. The Morgan fingerprint density at radius 1 is 1.08 bits per heavy atom. The van der Waals surface area contributed by atoms with E-state index in [9.17, 15) is 14.9 Å². The number of hydrogen-bond donors (Lipinski definition) is 1. The molecular formula is C18H14Cl2N2O2. The number of hydrogen-bond acceptors (Lipinski definition) is 3. The molecule has 4 nitrogen and oxygen atoms in total. The summed E-state index contributed by atoms with van der Waals surface area (Å²) < 4.78 is 0. The summed E-state index contributed by atoms with van der Waals surface area (Å²) in [5.41, 5.74) is 2.49. The highest BCUT2D eigenvalue weighted by Crippen LogP contribution is 2.32. The van der Waals surface area contributed by atoms with Gasteiger partial charge in [-0.15, -0.1) is 0 Å². The van der Waals surface area contributed by atoms with E-state index in [0.717, 1.165) is 11.1 Å². The second-order valence-corrected chi connectivity index (χ2v) is 6.08. The van der Waals surface area contributed by atoms with Crippen LogP contribution in [0.3, 0.4) is 0 Å². The minimum absolute atomic E-state index is 0.143. The zero-order valence-corrected chi connectivity index (χ0v) is 14.6. The molecule has 1 atom stereocenters. The van der Waals surface area contributed by atoms with Crippen molar-refractivity contribution in [2.75, 3.05) is 5.32 Å². The summed E-state index contributed by atoms with van der Waals surface area (Å²) in [5, 5.41) is 12.2. The molecule has 1 amide bonds. The van der Waals surface area contributed by atoms with Gasteiger partial charge in [0.2, 0.25) is 5.78 Å². The summed E-state index contributed by atoms with van der Waals surface area (Å²) in [5.74, 6) is -3.16. The Morgan fingerprint density at radius 2 is 1.67 bits per heavy atom. The number of halogens is 2. The van der Waals surface area contributed by atoms with Crippen LogP contribution >= 0.6 is 23.2 Å². The molecule has 0 aliphatic carbocycles. The number of nitrogens with zero attached hydrogens (tertiary/aromatic N) is 1. The second kappa shape index (κ2) is 7.48.